The fraction of sp³-hybridized carbons (Fsp3) is 0.692. The van der Waals surface area contributed by atoms with Crippen LogP contribution < -0.4 is 10.6 Å². The van der Waals surface area contributed by atoms with Crippen molar-refractivity contribution in [1.29, 1.82) is 0 Å². The lowest BCUT2D eigenvalue weighted by atomic mass is 9.74. The monoisotopic (exact) mass is 528 g/mol. The van der Waals surface area contributed by atoms with Crippen LogP contribution in [0.2, 0.25) is 5.02 Å². The smallest absolute Gasteiger partial charge is 0.223 e. The summed E-state index contributed by atoms with van der Waals surface area (Å²) >= 11 is 5.96. The summed E-state index contributed by atoms with van der Waals surface area (Å²) in [7, 11) is 0. The maximum atomic E-state index is 15.1. The number of aliphatic hydroxyl groups excluding tert-OH is 1. The SMILES string of the molecule is O=C(C[C@H]1CCCO1)N[C@H]1C[C@H](C(=O)N[C@H](c2c(F)ccc(Cl)c2F)C23CCC(F)(CC2)C3)C[C@H]1O. The zero-order chi connectivity index (χ0) is 25.7. The largest absolute Gasteiger partial charge is 0.391 e. The van der Waals surface area contributed by atoms with E-state index in [1.807, 2.05) is 0 Å². The van der Waals surface area contributed by atoms with Crippen LogP contribution in [0.25, 0.3) is 0 Å². The van der Waals surface area contributed by atoms with Crippen LogP contribution in [-0.2, 0) is 14.3 Å². The summed E-state index contributed by atoms with van der Waals surface area (Å²) in [5.41, 5.74) is -2.55. The lowest BCUT2D eigenvalue weighted by molar-refractivity contribution is -0.127. The molecule has 5 rings (SSSR count). The number of hydrogen-bond donors (Lipinski definition) is 3. The molecule has 4 aliphatic rings. The summed E-state index contributed by atoms with van der Waals surface area (Å²) in [5, 5.41) is 15.9. The average Bonchev–Trinajstić information content (AvgIpc) is 3.61. The van der Waals surface area contributed by atoms with Gasteiger partial charge in [0, 0.05) is 18.1 Å². The summed E-state index contributed by atoms with van der Waals surface area (Å²) < 4.78 is 50.7. The van der Waals surface area contributed by atoms with Gasteiger partial charge in [-0.25, -0.2) is 13.2 Å². The minimum absolute atomic E-state index is 0.101. The number of nitrogens with one attached hydrogen (secondary N) is 2. The number of halogens is 4. The Morgan fingerprint density at radius 3 is 2.58 bits per heavy atom. The van der Waals surface area contributed by atoms with E-state index in [-0.39, 0.29) is 61.1 Å². The number of amides is 2. The number of benzene rings is 1. The molecule has 1 aliphatic heterocycles. The number of carbonyl (C=O) groups excluding carboxylic acids is 2. The van der Waals surface area contributed by atoms with Gasteiger partial charge in [-0.05, 0) is 75.3 Å². The molecule has 3 aliphatic carbocycles. The lowest BCUT2D eigenvalue weighted by Gasteiger charge is -2.37. The second-order valence-electron chi connectivity index (χ2n) is 11.1. The number of rotatable bonds is 7. The van der Waals surface area contributed by atoms with Gasteiger partial charge in [-0.3, -0.25) is 9.59 Å². The van der Waals surface area contributed by atoms with Gasteiger partial charge in [0.1, 0.15) is 17.3 Å². The van der Waals surface area contributed by atoms with E-state index in [2.05, 4.69) is 10.6 Å². The summed E-state index contributed by atoms with van der Waals surface area (Å²) in [4.78, 5) is 25.8. The number of alkyl halides is 1. The van der Waals surface area contributed by atoms with E-state index in [1.54, 1.807) is 0 Å². The van der Waals surface area contributed by atoms with Crippen LogP contribution in [0.4, 0.5) is 13.2 Å². The topological polar surface area (TPSA) is 87.7 Å². The minimum Gasteiger partial charge on any atom is -0.391 e. The second-order valence-corrected chi connectivity index (χ2v) is 11.5. The normalized spacial score (nSPS) is 36.2. The van der Waals surface area contributed by atoms with Crippen molar-refractivity contribution in [2.45, 2.75) is 94.2 Å². The molecule has 1 saturated heterocycles. The van der Waals surface area contributed by atoms with Crippen molar-refractivity contribution in [2.24, 2.45) is 11.3 Å². The van der Waals surface area contributed by atoms with Gasteiger partial charge in [0.25, 0.3) is 0 Å². The average molecular weight is 529 g/mol. The van der Waals surface area contributed by atoms with Crippen LogP contribution >= 0.6 is 11.6 Å². The molecule has 10 heteroatoms. The number of carbonyl (C=O) groups is 2. The predicted octanol–water partition coefficient (Wildman–Crippen LogP) is 4.27. The molecule has 5 atom stereocenters. The van der Waals surface area contributed by atoms with Crippen molar-refractivity contribution in [2.75, 3.05) is 6.61 Å². The van der Waals surface area contributed by atoms with Crippen molar-refractivity contribution in [3.8, 4) is 0 Å². The van der Waals surface area contributed by atoms with E-state index < -0.39 is 52.7 Å². The molecule has 0 unspecified atom stereocenters. The quantitative estimate of drug-likeness (QED) is 0.461. The predicted molar refractivity (Wildman–Crippen MR) is 126 cm³/mol. The van der Waals surface area contributed by atoms with Crippen molar-refractivity contribution in [3.63, 3.8) is 0 Å². The molecule has 198 valence electrons. The molecule has 2 amide bonds. The van der Waals surface area contributed by atoms with Crippen molar-refractivity contribution >= 4 is 23.4 Å². The third kappa shape index (κ3) is 4.86. The van der Waals surface area contributed by atoms with Crippen molar-refractivity contribution in [1.82, 2.24) is 10.6 Å². The van der Waals surface area contributed by atoms with Gasteiger partial charge in [-0.1, -0.05) is 11.6 Å². The molecule has 0 aromatic heterocycles. The molecular formula is C26H32ClF3N2O4. The maximum Gasteiger partial charge on any atom is 0.223 e. The second kappa shape index (κ2) is 9.80. The Morgan fingerprint density at radius 1 is 1.19 bits per heavy atom. The van der Waals surface area contributed by atoms with E-state index in [0.29, 0.717) is 19.4 Å². The van der Waals surface area contributed by atoms with Crippen LogP contribution in [0.5, 0.6) is 0 Å². The van der Waals surface area contributed by atoms with E-state index >= 15 is 8.78 Å². The van der Waals surface area contributed by atoms with E-state index in [9.17, 15) is 19.1 Å². The summed E-state index contributed by atoms with van der Waals surface area (Å²) in [6, 6.07) is 0.477. The highest BCUT2D eigenvalue weighted by atomic mass is 35.5. The maximum absolute atomic E-state index is 15.1. The van der Waals surface area contributed by atoms with Crippen molar-refractivity contribution in [3.05, 3.63) is 34.4 Å². The van der Waals surface area contributed by atoms with Gasteiger partial charge in [0.15, 0.2) is 0 Å². The van der Waals surface area contributed by atoms with Gasteiger partial charge in [-0.15, -0.1) is 0 Å². The van der Waals surface area contributed by atoms with Gasteiger partial charge in [0.2, 0.25) is 11.8 Å². The fourth-order valence-electron chi connectivity index (χ4n) is 6.83. The molecule has 1 aromatic rings. The molecule has 3 saturated carbocycles. The Kier molecular flexibility index (Phi) is 7.02. The Labute approximate surface area is 213 Å². The van der Waals surface area contributed by atoms with Crippen molar-refractivity contribution < 1.29 is 32.6 Å². The zero-order valence-corrected chi connectivity index (χ0v) is 20.8. The summed E-state index contributed by atoms with van der Waals surface area (Å²) in [5.74, 6) is -3.19. The van der Waals surface area contributed by atoms with Crippen LogP contribution in [0.3, 0.4) is 0 Å². The number of hydrogen-bond acceptors (Lipinski definition) is 4. The van der Waals surface area contributed by atoms with Crippen LogP contribution in [0.1, 0.15) is 75.8 Å². The molecule has 4 fully saturated rings. The Balaban J connectivity index is 1.31. The Hall–Kier alpha value is -1.84. The highest BCUT2D eigenvalue weighted by Crippen LogP contribution is 2.63. The third-order valence-corrected chi connectivity index (χ3v) is 9.05. The minimum atomic E-state index is -1.39. The highest BCUT2D eigenvalue weighted by Gasteiger charge is 2.59. The van der Waals surface area contributed by atoms with E-state index in [0.717, 1.165) is 25.0 Å². The third-order valence-electron chi connectivity index (χ3n) is 8.76. The zero-order valence-electron chi connectivity index (χ0n) is 20.0. The molecule has 6 nitrogen and oxygen atoms in total. The van der Waals surface area contributed by atoms with E-state index in [1.165, 1.54) is 0 Å². The number of ether oxygens (including phenoxy) is 1. The highest BCUT2D eigenvalue weighted by molar-refractivity contribution is 6.30. The van der Waals surface area contributed by atoms with Gasteiger partial charge in [0.05, 0.1) is 35.7 Å². The van der Waals surface area contributed by atoms with Gasteiger partial charge >= 0.3 is 0 Å². The molecule has 0 spiro atoms. The standard InChI is InChI=1S/C26H32ClF3N2O4/c27-16-3-4-17(28)21(22(16)29)23(25-5-7-26(30,13-25)8-6-25)32-24(35)14-10-18(19(33)11-14)31-20(34)12-15-2-1-9-36-15/h3-4,14-15,18-19,23,33H,1-2,5-13H2,(H,31,34)(H,32,35)/t14-,15+,18-,19+,23+,25?,26?/m0/s1. The number of fused-ring (bicyclic) bond motifs is 2. The van der Waals surface area contributed by atoms with Gasteiger partial charge in [-0.2, -0.15) is 0 Å². The first-order valence-electron chi connectivity index (χ1n) is 12.8. The fourth-order valence-corrected chi connectivity index (χ4v) is 7.00. The molecular weight excluding hydrogens is 497 g/mol. The summed E-state index contributed by atoms with van der Waals surface area (Å²) in [6.07, 6.45) is 2.62. The van der Waals surface area contributed by atoms with Crippen LogP contribution in [-0.4, -0.2) is 47.4 Å². The van der Waals surface area contributed by atoms with E-state index in [4.69, 9.17) is 16.3 Å². The first kappa shape index (κ1) is 25.8. The first-order valence-corrected chi connectivity index (χ1v) is 13.2. The number of aliphatic hydroxyl groups is 1. The van der Waals surface area contributed by atoms with Gasteiger partial charge < -0.3 is 20.5 Å². The molecule has 0 radical (unpaired) electrons. The van der Waals surface area contributed by atoms with Crippen LogP contribution in [0, 0.1) is 23.0 Å². The molecule has 2 bridgehead atoms. The molecule has 1 heterocycles. The molecule has 3 N–H and O–H groups in total. The molecule has 36 heavy (non-hydrogen) atoms. The lowest BCUT2D eigenvalue weighted by Crippen LogP contribution is -2.43. The Bertz CT molecular complexity index is 1030. The molecule has 1 aromatic carbocycles. The van der Waals surface area contributed by atoms with Crippen LogP contribution in [0.15, 0.2) is 12.1 Å². The first-order chi connectivity index (χ1) is 17.1. The Morgan fingerprint density at radius 2 is 1.94 bits per heavy atom. The summed E-state index contributed by atoms with van der Waals surface area (Å²) in [6.45, 7) is 0.631.